The van der Waals surface area contributed by atoms with E-state index in [2.05, 4.69) is 28.4 Å². The standard InChI is InChI=1S/C22H21ClN4/c23-18-9-8-17-14-27(11-10-16(17)12-18)21-13-20(15-6-7-15)25-22(26-21)24-19-4-2-1-3-5-19/h1-5,8-9,12-13,15H,6-7,10-11,14H2,(H,24,25,26). The van der Waals surface area contributed by atoms with Crippen molar-refractivity contribution < 1.29 is 0 Å². The molecule has 0 radical (unpaired) electrons. The van der Waals surface area contributed by atoms with Crippen LogP contribution in [0.1, 0.15) is 35.6 Å². The molecule has 0 saturated heterocycles. The van der Waals surface area contributed by atoms with Gasteiger partial charge in [0.2, 0.25) is 5.95 Å². The van der Waals surface area contributed by atoms with E-state index in [-0.39, 0.29) is 0 Å². The first-order valence-corrected chi connectivity index (χ1v) is 9.86. The zero-order valence-electron chi connectivity index (χ0n) is 15.0. The van der Waals surface area contributed by atoms with Gasteiger partial charge in [0, 0.05) is 35.8 Å². The predicted octanol–water partition coefficient (Wildman–Crippen LogP) is 5.31. The van der Waals surface area contributed by atoms with E-state index in [0.717, 1.165) is 41.7 Å². The zero-order chi connectivity index (χ0) is 18.2. The molecule has 1 N–H and O–H groups in total. The van der Waals surface area contributed by atoms with Crippen molar-refractivity contribution in [2.75, 3.05) is 16.8 Å². The highest BCUT2D eigenvalue weighted by Crippen LogP contribution is 2.40. The van der Waals surface area contributed by atoms with E-state index in [1.165, 1.54) is 24.0 Å². The third-order valence-electron chi connectivity index (χ3n) is 5.26. The first-order chi connectivity index (χ1) is 13.2. The first-order valence-electron chi connectivity index (χ1n) is 9.48. The molecule has 2 aliphatic rings. The minimum atomic E-state index is 0.582. The monoisotopic (exact) mass is 376 g/mol. The number of anilines is 3. The second kappa shape index (κ2) is 6.86. The van der Waals surface area contributed by atoms with Gasteiger partial charge in [-0.1, -0.05) is 35.9 Å². The number of rotatable bonds is 4. The fourth-order valence-corrected chi connectivity index (χ4v) is 3.82. The highest BCUT2D eigenvalue weighted by molar-refractivity contribution is 6.30. The van der Waals surface area contributed by atoms with E-state index < -0.39 is 0 Å². The molecular weight excluding hydrogens is 356 g/mol. The maximum Gasteiger partial charge on any atom is 0.229 e. The molecule has 3 aromatic rings. The smallest absolute Gasteiger partial charge is 0.229 e. The first kappa shape index (κ1) is 16.6. The van der Waals surface area contributed by atoms with E-state index in [4.69, 9.17) is 21.6 Å². The Morgan fingerprint density at radius 1 is 0.963 bits per heavy atom. The van der Waals surface area contributed by atoms with Gasteiger partial charge in [0.1, 0.15) is 5.82 Å². The molecule has 1 aliphatic heterocycles. The number of para-hydroxylation sites is 1. The molecule has 1 saturated carbocycles. The molecule has 0 bridgehead atoms. The number of fused-ring (bicyclic) bond motifs is 1. The van der Waals surface area contributed by atoms with Crippen molar-refractivity contribution >= 4 is 29.1 Å². The summed E-state index contributed by atoms with van der Waals surface area (Å²) in [7, 11) is 0. The van der Waals surface area contributed by atoms with Gasteiger partial charge in [-0.3, -0.25) is 0 Å². The zero-order valence-corrected chi connectivity index (χ0v) is 15.8. The Bertz CT molecular complexity index is 969. The maximum atomic E-state index is 6.15. The molecule has 2 aromatic carbocycles. The third kappa shape index (κ3) is 3.62. The van der Waals surface area contributed by atoms with Gasteiger partial charge in [-0.15, -0.1) is 0 Å². The highest BCUT2D eigenvalue weighted by Gasteiger charge is 2.27. The number of hydrogen-bond acceptors (Lipinski definition) is 4. The molecule has 0 atom stereocenters. The quantitative estimate of drug-likeness (QED) is 0.669. The van der Waals surface area contributed by atoms with Crippen LogP contribution in [0.3, 0.4) is 0 Å². The average molecular weight is 377 g/mol. The summed E-state index contributed by atoms with van der Waals surface area (Å²) in [6.45, 7) is 1.80. The summed E-state index contributed by atoms with van der Waals surface area (Å²) in [6, 6.07) is 18.5. The number of nitrogens with one attached hydrogen (secondary N) is 1. The van der Waals surface area contributed by atoms with Gasteiger partial charge in [0.05, 0.1) is 5.69 Å². The van der Waals surface area contributed by atoms with Crippen LogP contribution in [0.15, 0.2) is 54.6 Å². The molecule has 5 rings (SSSR count). The Morgan fingerprint density at radius 2 is 1.81 bits per heavy atom. The Balaban J connectivity index is 1.45. The molecule has 1 aliphatic carbocycles. The van der Waals surface area contributed by atoms with E-state index in [1.54, 1.807) is 0 Å². The van der Waals surface area contributed by atoms with Crippen molar-refractivity contribution in [1.29, 1.82) is 0 Å². The summed E-state index contributed by atoms with van der Waals surface area (Å²) in [5, 5.41) is 4.18. The van der Waals surface area contributed by atoms with Gasteiger partial charge in [0.25, 0.3) is 0 Å². The fraction of sp³-hybridized carbons (Fsp3) is 0.273. The Kier molecular flexibility index (Phi) is 4.21. The Morgan fingerprint density at radius 3 is 2.63 bits per heavy atom. The van der Waals surface area contributed by atoms with E-state index in [0.29, 0.717) is 11.9 Å². The lowest BCUT2D eigenvalue weighted by Gasteiger charge is -2.30. The van der Waals surface area contributed by atoms with Crippen LogP contribution >= 0.6 is 11.6 Å². The molecule has 5 heteroatoms. The van der Waals surface area contributed by atoms with Crippen LogP contribution in [-0.4, -0.2) is 16.5 Å². The predicted molar refractivity (Wildman–Crippen MR) is 110 cm³/mol. The van der Waals surface area contributed by atoms with Gasteiger partial charge in [-0.05, 0) is 54.7 Å². The van der Waals surface area contributed by atoms with Crippen LogP contribution < -0.4 is 10.2 Å². The minimum Gasteiger partial charge on any atom is -0.352 e. The van der Waals surface area contributed by atoms with Gasteiger partial charge < -0.3 is 10.2 Å². The van der Waals surface area contributed by atoms with Crippen LogP contribution in [0, 0.1) is 0 Å². The lowest BCUT2D eigenvalue weighted by atomic mass is 10.00. The number of hydrogen-bond donors (Lipinski definition) is 1. The summed E-state index contributed by atoms with van der Waals surface area (Å²) >= 11 is 6.15. The molecular formula is C22H21ClN4. The van der Waals surface area contributed by atoms with E-state index in [1.807, 2.05) is 36.4 Å². The lowest BCUT2D eigenvalue weighted by Crippen LogP contribution is -2.31. The topological polar surface area (TPSA) is 41.1 Å². The minimum absolute atomic E-state index is 0.582. The van der Waals surface area contributed by atoms with Crippen LogP contribution in [0.25, 0.3) is 0 Å². The van der Waals surface area contributed by atoms with Gasteiger partial charge in [-0.25, -0.2) is 4.98 Å². The summed E-state index contributed by atoms with van der Waals surface area (Å²) in [5.74, 6) is 2.27. The average Bonchev–Trinajstić information content (AvgIpc) is 3.53. The fourth-order valence-electron chi connectivity index (χ4n) is 3.63. The van der Waals surface area contributed by atoms with Gasteiger partial charge >= 0.3 is 0 Å². The molecule has 1 fully saturated rings. The van der Waals surface area contributed by atoms with Crippen molar-refractivity contribution in [2.45, 2.75) is 31.7 Å². The van der Waals surface area contributed by atoms with Crippen molar-refractivity contribution in [2.24, 2.45) is 0 Å². The summed E-state index contributed by atoms with van der Waals surface area (Å²) in [4.78, 5) is 12.0. The largest absolute Gasteiger partial charge is 0.352 e. The third-order valence-corrected chi connectivity index (χ3v) is 5.50. The molecule has 1 aromatic heterocycles. The molecule has 2 heterocycles. The van der Waals surface area contributed by atoms with Crippen LogP contribution in [0.2, 0.25) is 5.02 Å². The van der Waals surface area contributed by atoms with E-state index in [9.17, 15) is 0 Å². The Hall–Kier alpha value is -2.59. The summed E-state index contributed by atoms with van der Waals surface area (Å²) in [6.07, 6.45) is 3.44. The maximum absolute atomic E-state index is 6.15. The summed E-state index contributed by atoms with van der Waals surface area (Å²) < 4.78 is 0. The summed E-state index contributed by atoms with van der Waals surface area (Å²) in [5.41, 5.74) is 4.84. The second-order valence-corrected chi connectivity index (χ2v) is 7.76. The van der Waals surface area contributed by atoms with Gasteiger partial charge in [-0.2, -0.15) is 4.98 Å². The SMILES string of the molecule is Clc1ccc2c(c1)CCN(c1cc(C3CC3)nc(Nc3ccccc3)n1)C2. The number of halogens is 1. The van der Waals surface area contributed by atoms with Crippen molar-refractivity contribution in [3.63, 3.8) is 0 Å². The molecule has 0 amide bonds. The number of nitrogens with zero attached hydrogens (tertiary/aromatic N) is 3. The lowest BCUT2D eigenvalue weighted by molar-refractivity contribution is 0.718. The van der Waals surface area contributed by atoms with Crippen LogP contribution in [0.5, 0.6) is 0 Å². The van der Waals surface area contributed by atoms with Crippen molar-refractivity contribution in [3.05, 3.63) is 76.4 Å². The molecule has 0 spiro atoms. The molecule has 4 nitrogen and oxygen atoms in total. The molecule has 0 unspecified atom stereocenters. The van der Waals surface area contributed by atoms with Crippen LogP contribution in [0.4, 0.5) is 17.5 Å². The van der Waals surface area contributed by atoms with E-state index >= 15 is 0 Å². The normalized spacial score (nSPS) is 16.1. The number of benzene rings is 2. The Labute approximate surface area is 164 Å². The second-order valence-electron chi connectivity index (χ2n) is 7.32. The van der Waals surface area contributed by atoms with Crippen molar-refractivity contribution in [3.8, 4) is 0 Å². The molecule has 136 valence electrons. The van der Waals surface area contributed by atoms with Gasteiger partial charge in [0.15, 0.2) is 0 Å². The highest BCUT2D eigenvalue weighted by atomic mass is 35.5. The van der Waals surface area contributed by atoms with Crippen LogP contribution in [-0.2, 0) is 13.0 Å². The van der Waals surface area contributed by atoms with Crippen molar-refractivity contribution in [1.82, 2.24) is 9.97 Å². The molecule has 27 heavy (non-hydrogen) atoms. The number of aromatic nitrogens is 2.